The number of aldehydes is 1. The average molecular weight is 312 g/mol. The molecule has 0 aliphatic carbocycles. The van der Waals surface area contributed by atoms with Gasteiger partial charge >= 0.3 is 0 Å². The van der Waals surface area contributed by atoms with E-state index in [0.717, 1.165) is 11.3 Å². The molecule has 0 saturated carbocycles. The molecule has 0 fully saturated rings. The van der Waals surface area contributed by atoms with Crippen LogP contribution < -0.4 is 0 Å². The standard InChI is InChI=1S/C12H9IO2/c1-8-2-3-9(6-11(8)13)12-5-4-10(7-14)15-12/h2-7H,1H3. The smallest absolute Gasteiger partial charge is 0.185 e. The molecule has 1 heterocycles. The highest BCUT2D eigenvalue weighted by atomic mass is 127. The summed E-state index contributed by atoms with van der Waals surface area (Å²) in [6, 6.07) is 9.56. The highest BCUT2D eigenvalue weighted by Crippen LogP contribution is 2.24. The Hall–Kier alpha value is -1.10. The minimum absolute atomic E-state index is 0.362. The van der Waals surface area contributed by atoms with Crippen LogP contribution in [0.2, 0.25) is 0 Å². The third kappa shape index (κ3) is 2.12. The molecule has 0 radical (unpaired) electrons. The van der Waals surface area contributed by atoms with Gasteiger partial charge in [0.05, 0.1) is 0 Å². The van der Waals surface area contributed by atoms with Gasteiger partial charge in [0.15, 0.2) is 12.0 Å². The van der Waals surface area contributed by atoms with Gasteiger partial charge in [-0.25, -0.2) is 0 Å². The van der Waals surface area contributed by atoms with Crippen molar-refractivity contribution in [1.82, 2.24) is 0 Å². The van der Waals surface area contributed by atoms with Crippen LogP contribution in [0.4, 0.5) is 0 Å². The summed E-state index contributed by atoms with van der Waals surface area (Å²) in [7, 11) is 0. The lowest BCUT2D eigenvalue weighted by Crippen LogP contribution is -1.81. The van der Waals surface area contributed by atoms with Gasteiger partial charge in [0.1, 0.15) is 5.76 Å². The summed E-state index contributed by atoms with van der Waals surface area (Å²) in [4.78, 5) is 10.5. The van der Waals surface area contributed by atoms with Crippen molar-refractivity contribution in [3.8, 4) is 11.3 Å². The van der Waals surface area contributed by atoms with Gasteiger partial charge in [-0.1, -0.05) is 12.1 Å². The first kappa shape index (κ1) is 10.4. The van der Waals surface area contributed by atoms with E-state index >= 15 is 0 Å². The fraction of sp³-hybridized carbons (Fsp3) is 0.0833. The number of furan rings is 1. The van der Waals surface area contributed by atoms with Gasteiger partial charge in [0.2, 0.25) is 0 Å². The van der Waals surface area contributed by atoms with Gasteiger partial charge in [-0.15, -0.1) is 0 Å². The molecule has 0 bridgehead atoms. The van der Waals surface area contributed by atoms with Crippen LogP contribution in [0.25, 0.3) is 11.3 Å². The molecule has 1 aromatic heterocycles. The van der Waals surface area contributed by atoms with E-state index in [4.69, 9.17) is 4.42 Å². The third-order valence-corrected chi connectivity index (χ3v) is 3.36. The quantitative estimate of drug-likeness (QED) is 0.625. The largest absolute Gasteiger partial charge is 0.453 e. The molecule has 0 atom stereocenters. The fourth-order valence-electron chi connectivity index (χ4n) is 1.32. The first-order chi connectivity index (χ1) is 7.20. The molecular weight excluding hydrogens is 303 g/mol. The number of hydrogen-bond donors (Lipinski definition) is 0. The zero-order valence-electron chi connectivity index (χ0n) is 8.16. The van der Waals surface area contributed by atoms with E-state index in [1.54, 1.807) is 6.07 Å². The van der Waals surface area contributed by atoms with Gasteiger partial charge in [-0.3, -0.25) is 4.79 Å². The van der Waals surface area contributed by atoms with Crippen molar-refractivity contribution in [3.63, 3.8) is 0 Å². The molecule has 76 valence electrons. The molecule has 0 aliphatic heterocycles. The zero-order valence-corrected chi connectivity index (χ0v) is 10.3. The predicted molar refractivity (Wildman–Crippen MR) is 67.0 cm³/mol. The van der Waals surface area contributed by atoms with E-state index in [1.807, 2.05) is 24.3 Å². The summed E-state index contributed by atoms with van der Waals surface area (Å²) < 4.78 is 6.53. The lowest BCUT2D eigenvalue weighted by Gasteiger charge is -2.00. The second-order valence-corrected chi connectivity index (χ2v) is 4.45. The molecule has 0 spiro atoms. The van der Waals surface area contributed by atoms with Crippen molar-refractivity contribution in [3.05, 3.63) is 45.2 Å². The van der Waals surface area contributed by atoms with Gasteiger partial charge in [0.25, 0.3) is 0 Å². The molecule has 0 aliphatic rings. The van der Waals surface area contributed by atoms with E-state index in [-0.39, 0.29) is 0 Å². The van der Waals surface area contributed by atoms with E-state index in [0.29, 0.717) is 12.0 Å². The second-order valence-electron chi connectivity index (χ2n) is 3.28. The van der Waals surface area contributed by atoms with E-state index in [1.165, 1.54) is 9.13 Å². The highest BCUT2D eigenvalue weighted by molar-refractivity contribution is 14.1. The highest BCUT2D eigenvalue weighted by Gasteiger charge is 2.05. The number of benzene rings is 1. The minimum Gasteiger partial charge on any atom is -0.453 e. The number of hydrogen-bond acceptors (Lipinski definition) is 2. The summed E-state index contributed by atoms with van der Waals surface area (Å²) in [5.41, 5.74) is 2.24. The molecule has 1 aromatic carbocycles. The van der Waals surface area contributed by atoms with Crippen LogP contribution in [0, 0.1) is 10.5 Å². The SMILES string of the molecule is Cc1ccc(-c2ccc(C=O)o2)cc1I. The monoisotopic (exact) mass is 312 g/mol. The number of halogens is 1. The molecule has 2 rings (SSSR count). The second kappa shape index (κ2) is 4.18. The summed E-state index contributed by atoms with van der Waals surface area (Å²) in [5.74, 6) is 1.09. The van der Waals surface area contributed by atoms with Gasteiger partial charge in [-0.2, -0.15) is 0 Å². The Morgan fingerprint density at radius 2 is 2.07 bits per heavy atom. The molecule has 0 saturated heterocycles. The number of aryl methyl sites for hydroxylation is 1. The third-order valence-electron chi connectivity index (χ3n) is 2.20. The van der Waals surface area contributed by atoms with Crippen molar-refractivity contribution in [2.45, 2.75) is 6.92 Å². The Morgan fingerprint density at radius 1 is 1.27 bits per heavy atom. The first-order valence-corrected chi connectivity index (χ1v) is 5.60. The van der Waals surface area contributed by atoms with E-state index < -0.39 is 0 Å². The molecule has 15 heavy (non-hydrogen) atoms. The number of carbonyl (C=O) groups excluding carboxylic acids is 1. The van der Waals surface area contributed by atoms with Crippen molar-refractivity contribution in [2.24, 2.45) is 0 Å². The first-order valence-electron chi connectivity index (χ1n) is 4.52. The van der Waals surface area contributed by atoms with Crippen LogP contribution in [-0.4, -0.2) is 6.29 Å². The van der Waals surface area contributed by atoms with Crippen molar-refractivity contribution in [1.29, 1.82) is 0 Å². The van der Waals surface area contributed by atoms with Crippen LogP contribution >= 0.6 is 22.6 Å². The van der Waals surface area contributed by atoms with Gasteiger partial charge in [0, 0.05) is 9.13 Å². The van der Waals surface area contributed by atoms with Crippen molar-refractivity contribution >= 4 is 28.9 Å². The average Bonchev–Trinajstić information content (AvgIpc) is 2.70. The lowest BCUT2D eigenvalue weighted by molar-refractivity contribution is 0.110. The fourth-order valence-corrected chi connectivity index (χ4v) is 1.83. The Labute approximate surface area is 101 Å². The number of carbonyl (C=O) groups is 1. The van der Waals surface area contributed by atoms with Crippen LogP contribution in [-0.2, 0) is 0 Å². The zero-order chi connectivity index (χ0) is 10.8. The van der Waals surface area contributed by atoms with Crippen LogP contribution in [0.3, 0.4) is 0 Å². The molecule has 3 heteroatoms. The Bertz CT molecular complexity index is 500. The maximum absolute atomic E-state index is 10.5. The maximum atomic E-state index is 10.5. The summed E-state index contributed by atoms with van der Waals surface area (Å²) >= 11 is 2.28. The summed E-state index contributed by atoms with van der Waals surface area (Å²) in [6.07, 6.45) is 0.711. The van der Waals surface area contributed by atoms with Crippen LogP contribution in [0.5, 0.6) is 0 Å². The Kier molecular flexibility index (Phi) is 2.90. The summed E-state index contributed by atoms with van der Waals surface area (Å²) in [5, 5.41) is 0. The van der Waals surface area contributed by atoms with E-state index in [2.05, 4.69) is 29.5 Å². The predicted octanol–water partition coefficient (Wildman–Crippen LogP) is 3.67. The van der Waals surface area contributed by atoms with Crippen LogP contribution in [0.1, 0.15) is 16.1 Å². The van der Waals surface area contributed by atoms with Gasteiger partial charge in [-0.05, 0) is 53.3 Å². The molecule has 2 nitrogen and oxygen atoms in total. The van der Waals surface area contributed by atoms with Gasteiger partial charge < -0.3 is 4.42 Å². The molecule has 0 amide bonds. The molecular formula is C12H9IO2. The summed E-state index contributed by atoms with van der Waals surface area (Å²) in [6.45, 7) is 2.06. The molecule has 2 aromatic rings. The molecule has 0 unspecified atom stereocenters. The number of rotatable bonds is 2. The Balaban J connectivity index is 2.44. The van der Waals surface area contributed by atoms with Crippen LogP contribution in [0.15, 0.2) is 34.7 Å². The van der Waals surface area contributed by atoms with Crippen molar-refractivity contribution in [2.75, 3.05) is 0 Å². The Morgan fingerprint density at radius 3 is 2.67 bits per heavy atom. The van der Waals surface area contributed by atoms with E-state index in [9.17, 15) is 4.79 Å². The van der Waals surface area contributed by atoms with Crippen molar-refractivity contribution < 1.29 is 9.21 Å². The topological polar surface area (TPSA) is 30.2 Å². The lowest BCUT2D eigenvalue weighted by atomic mass is 10.1. The minimum atomic E-state index is 0.362. The molecule has 0 N–H and O–H groups in total. The normalized spacial score (nSPS) is 10.3. The maximum Gasteiger partial charge on any atom is 0.185 e.